The molecular formula is C18H33N6O5P. The van der Waals surface area contributed by atoms with Crippen LogP contribution in [-0.2, 0) is 25.3 Å². The molecule has 3 atom stereocenters. The van der Waals surface area contributed by atoms with Gasteiger partial charge in [-0.05, 0) is 26.7 Å². The fourth-order valence-corrected chi connectivity index (χ4v) is 4.10. The highest BCUT2D eigenvalue weighted by atomic mass is 31.2. The van der Waals surface area contributed by atoms with Gasteiger partial charge in [-0.25, -0.2) is 20.0 Å². The van der Waals surface area contributed by atoms with Crippen LogP contribution in [-0.4, -0.2) is 62.4 Å². The molecule has 4 N–H and O–H groups in total. The number of nitrogen functional groups attached to an aromatic ring is 1. The number of nitrogens with zero attached hydrogens (tertiary/aromatic N) is 4. The maximum absolute atomic E-state index is 12.6. The molecule has 0 fully saturated rings. The lowest BCUT2D eigenvalue weighted by atomic mass is 10.3. The van der Waals surface area contributed by atoms with E-state index in [-0.39, 0.29) is 12.5 Å². The predicted molar refractivity (Wildman–Crippen MR) is 114 cm³/mol. The zero-order chi connectivity index (χ0) is 22.1. The Balaban J connectivity index is 1.89. The van der Waals surface area contributed by atoms with Crippen molar-refractivity contribution in [3.05, 3.63) is 12.7 Å². The fourth-order valence-electron chi connectivity index (χ4n) is 2.81. The van der Waals surface area contributed by atoms with Crippen LogP contribution in [0.1, 0.15) is 40.5 Å². The molecule has 0 aliphatic carbocycles. The van der Waals surface area contributed by atoms with E-state index in [1.807, 2.05) is 13.8 Å². The van der Waals surface area contributed by atoms with Crippen LogP contribution in [0.4, 0.5) is 5.82 Å². The molecule has 11 nitrogen and oxygen atoms in total. The van der Waals surface area contributed by atoms with Crippen molar-refractivity contribution in [2.45, 2.75) is 65.5 Å². The monoisotopic (exact) mass is 444 g/mol. The smallest absolute Gasteiger partial charge is 0.292 e. The Labute approximate surface area is 176 Å². The van der Waals surface area contributed by atoms with Crippen molar-refractivity contribution in [3.63, 3.8) is 0 Å². The molecule has 0 aliphatic heterocycles. The van der Waals surface area contributed by atoms with Crippen molar-refractivity contribution < 1.29 is 23.7 Å². The summed E-state index contributed by atoms with van der Waals surface area (Å²) in [6.07, 6.45) is 3.30. The second kappa shape index (κ2) is 11.7. The summed E-state index contributed by atoms with van der Waals surface area (Å²) in [5.74, 6) is 0.301. The molecule has 12 heteroatoms. The Hall–Kier alpha value is -1.62. The molecule has 0 saturated carbocycles. The van der Waals surface area contributed by atoms with Crippen LogP contribution in [0.5, 0.6) is 0 Å². The Kier molecular flexibility index (Phi) is 9.60. The molecule has 30 heavy (non-hydrogen) atoms. The van der Waals surface area contributed by atoms with Crippen LogP contribution < -0.4 is 10.8 Å². The van der Waals surface area contributed by atoms with E-state index in [1.165, 1.54) is 6.33 Å². The van der Waals surface area contributed by atoms with Gasteiger partial charge in [-0.3, -0.25) is 4.57 Å². The van der Waals surface area contributed by atoms with Gasteiger partial charge in [-0.2, -0.15) is 0 Å². The van der Waals surface area contributed by atoms with E-state index in [2.05, 4.69) is 20.0 Å². The third-order valence-electron chi connectivity index (χ3n) is 4.20. The molecule has 0 radical (unpaired) electrons. The van der Waals surface area contributed by atoms with Gasteiger partial charge in [0.25, 0.3) is 7.52 Å². The van der Waals surface area contributed by atoms with Gasteiger partial charge in [-0.15, -0.1) is 0 Å². The topological polar surface area (TPSA) is 147 Å². The van der Waals surface area contributed by atoms with Crippen molar-refractivity contribution in [2.24, 2.45) is 0 Å². The summed E-state index contributed by atoms with van der Waals surface area (Å²) in [4.78, 5) is 22.6. The summed E-state index contributed by atoms with van der Waals surface area (Å²) in [7, 11) is -3.77. The van der Waals surface area contributed by atoms with E-state index in [1.54, 1.807) is 24.7 Å². The highest BCUT2D eigenvalue weighted by Crippen LogP contribution is 2.37. The Bertz CT molecular complexity index is 826. The van der Waals surface area contributed by atoms with Crippen molar-refractivity contribution in [1.29, 1.82) is 0 Å². The molecule has 0 saturated heterocycles. The van der Waals surface area contributed by atoms with E-state index in [9.17, 15) is 9.46 Å². The van der Waals surface area contributed by atoms with E-state index in [0.29, 0.717) is 36.7 Å². The average molecular weight is 444 g/mol. The highest BCUT2D eigenvalue weighted by Gasteiger charge is 2.28. The highest BCUT2D eigenvalue weighted by molar-refractivity contribution is 7.55. The van der Waals surface area contributed by atoms with Crippen LogP contribution in [0.2, 0.25) is 0 Å². The molecular weight excluding hydrogens is 411 g/mol. The molecule has 0 aromatic carbocycles. The van der Waals surface area contributed by atoms with E-state index in [4.69, 9.17) is 19.9 Å². The minimum atomic E-state index is -3.77. The summed E-state index contributed by atoms with van der Waals surface area (Å²) >= 11 is 0. The molecule has 170 valence electrons. The number of aromatic nitrogens is 4. The summed E-state index contributed by atoms with van der Waals surface area (Å²) in [5.41, 5.74) is 6.89. The van der Waals surface area contributed by atoms with Gasteiger partial charge < -0.3 is 29.4 Å². The zero-order valence-corrected chi connectivity index (χ0v) is 18.9. The Morgan fingerprint density at radius 3 is 2.47 bits per heavy atom. The Morgan fingerprint density at radius 2 is 1.83 bits per heavy atom. The van der Waals surface area contributed by atoms with Crippen molar-refractivity contribution in [1.82, 2.24) is 24.6 Å². The van der Waals surface area contributed by atoms with E-state index < -0.39 is 19.9 Å². The number of nitrogens with two attached hydrogens (primary N) is 1. The second-order valence-corrected chi connectivity index (χ2v) is 9.08. The van der Waals surface area contributed by atoms with Gasteiger partial charge in [0.2, 0.25) is 0 Å². The molecule has 2 heterocycles. The van der Waals surface area contributed by atoms with E-state index in [0.717, 1.165) is 12.8 Å². The first-order valence-corrected chi connectivity index (χ1v) is 12.0. The summed E-state index contributed by atoms with van der Waals surface area (Å²) in [5, 5.41) is 2.71. The van der Waals surface area contributed by atoms with Gasteiger partial charge in [0.15, 0.2) is 17.8 Å². The van der Waals surface area contributed by atoms with Crippen LogP contribution in [0.25, 0.3) is 11.2 Å². The lowest BCUT2D eigenvalue weighted by molar-refractivity contribution is -0.154. The van der Waals surface area contributed by atoms with Gasteiger partial charge >= 0.3 is 0 Å². The zero-order valence-electron chi connectivity index (χ0n) is 18.0. The lowest BCUT2D eigenvalue weighted by Crippen LogP contribution is -2.40. The van der Waals surface area contributed by atoms with Crippen LogP contribution in [0, 0.1) is 0 Å². The number of hydrogen-bond acceptors (Lipinski definition) is 8. The second-order valence-electron chi connectivity index (χ2n) is 7.16. The number of nitrogens with one attached hydrogen (secondary N) is 1. The normalized spacial score (nSPS) is 16.1. The van der Waals surface area contributed by atoms with Gasteiger partial charge in [0, 0.05) is 13.2 Å². The number of rotatable bonds is 14. The van der Waals surface area contributed by atoms with E-state index >= 15 is 0 Å². The molecule has 0 bridgehead atoms. The maximum atomic E-state index is 12.6. The number of fused-ring (bicyclic) bond motifs is 1. The molecule has 1 unspecified atom stereocenters. The van der Waals surface area contributed by atoms with Crippen LogP contribution in [0.3, 0.4) is 0 Å². The minimum absolute atomic E-state index is 0.301. The lowest BCUT2D eigenvalue weighted by Gasteiger charge is -2.27. The summed E-state index contributed by atoms with van der Waals surface area (Å²) < 4.78 is 31.3. The first kappa shape index (κ1) is 24.6. The Morgan fingerprint density at radius 1 is 1.17 bits per heavy atom. The summed E-state index contributed by atoms with van der Waals surface area (Å²) in [6.45, 7) is 8.95. The van der Waals surface area contributed by atoms with Crippen molar-refractivity contribution in [3.8, 4) is 0 Å². The standard InChI is InChI=1S/C18H33N6O5P/c1-5-7-27-18(28-8-6-2)14(4)23-30(25,26)12-29-13(3)9-24-11-22-15-16(19)20-10-21-17(15)24/h10-11,13-14,18H,5-9,12H2,1-4H3,(H2,19,20,21)(H2,23,25,26)/t13-,14-/m0/s1. The molecule has 2 rings (SSSR count). The number of ether oxygens (including phenoxy) is 3. The van der Waals surface area contributed by atoms with Crippen LogP contribution in [0.15, 0.2) is 12.7 Å². The quantitative estimate of drug-likeness (QED) is 0.292. The van der Waals surface area contributed by atoms with Gasteiger partial charge in [-0.1, -0.05) is 13.8 Å². The molecule has 2 aromatic rings. The minimum Gasteiger partial charge on any atom is -0.382 e. The summed E-state index contributed by atoms with van der Waals surface area (Å²) in [6, 6.07) is -0.477. The number of anilines is 1. The average Bonchev–Trinajstić information content (AvgIpc) is 3.10. The fraction of sp³-hybridized carbons (Fsp3) is 0.722. The van der Waals surface area contributed by atoms with Gasteiger partial charge in [0.1, 0.15) is 18.2 Å². The first-order valence-electron chi connectivity index (χ1n) is 10.1. The molecule has 0 spiro atoms. The third-order valence-corrected chi connectivity index (χ3v) is 5.51. The maximum Gasteiger partial charge on any atom is 0.292 e. The largest absolute Gasteiger partial charge is 0.382 e. The number of hydrogen-bond donors (Lipinski definition) is 3. The van der Waals surface area contributed by atoms with Crippen LogP contribution >= 0.6 is 7.52 Å². The van der Waals surface area contributed by atoms with Crippen molar-refractivity contribution >= 4 is 24.5 Å². The predicted octanol–water partition coefficient (Wildman–Crippen LogP) is 2.11. The molecule has 0 amide bonds. The number of imidazole rings is 1. The molecule has 0 aliphatic rings. The third kappa shape index (κ3) is 7.26. The van der Waals surface area contributed by atoms with Crippen molar-refractivity contribution in [2.75, 3.05) is 25.3 Å². The SMILES string of the molecule is CCCOC(OCCC)[C@H](C)NP(=O)(O)CO[C@@H](C)Cn1cnc2c(N)ncnc21. The first-order chi connectivity index (χ1) is 14.3. The molecule has 2 aromatic heterocycles. The van der Waals surface area contributed by atoms with Gasteiger partial charge in [0.05, 0.1) is 25.0 Å².